The molecule has 0 bridgehead atoms. The quantitative estimate of drug-likeness (QED) is 0.764. The van der Waals surface area contributed by atoms with Gasteiger partial charge in [0.1, 0.15) is 0 Å². The molecule has 104 valence electrons. The first kappa shape index (κ1) is 15.2. The van der Waals surface area contributed by atoms with Crippen LogP contribution < -0.4 is 0 Å². The number of imide groups is 1. The smallest absolute Gasteiger partial charge is 0.235 e. The molecule has 2 amide bonds. The molecule has 4 nitrogen and oxygen atoms in total. The highest BCUT2D eigenvalue weighted by molar-refractivity contribution is 6.05. The average Bonchev–Trinajstić information content (AvgIpc) is 2.54. The maximum Gasteiger partial charge on any atom is 0.235 e. The number of aliphatic hydroxyl groups is 1. The minimum atomic E-state index is -0.951. The Morgan fingerprint density at radius 3 is 2.17 bits per heavy atom. The van der Waals surface area contributed by atoms with Crippen LogP contribution in [-0.2, 0) is 9.59 Å². The summed E-state index contributed by atoms with van der Waals surface area (Å²) in [5.41, 5.74) is -1.56. The molecule has 1 aliphatic rings. The second-order valence-corrected chi connectivity index (χ2v) is 5.97. The molecule has 18 heavy (non-hydrogen) atoms. The minimum absolute atomic E-state index is 0.121. The van der Waals surface area contributed by atoms with E-state index >= 15 is 0 Å². The van der Waals surface area contributed by atoms with E-state index in [1.54, 1.807) is 0 Å². The fourth-order valence-corrected chi connectivity index (χ4v) is 2.29. The highest BCUT2D eigenvalue weighted by atomic mass is 16.3. The van der Waals surface area contributed by atoms with Gasteiger partial charge in [-0.05, 0) is 25.7 Å². The number of carbonyl (C=O) groups is 2. The lowest BCUT2D eigenvalue weighted by Gasteiger charge is -2.31. The molecule has 0 spiro atoms. The summed E-state index contributed by atoms with van der Waals surface area (Å²) in [7, 11) is 0. The molecule has 0 saturated carbocycles. The molecule has 1 rings (SSSR count). The van der Waals surface area contributed by atoms with Crippen molar-refractivity contribution in [2.24, 2.45) is 11.3 Å². The SMILES string of the molecule is CCC(O)(CC)CN1C(=O)CC(C)(C(C)C)C1=O. The van der Waals surface area contributed by atoms with Gasteiger partial charge in [-0.3, -0.25) is 14.5 Å². The van der Waals surface area contributed by atoms with Crippen molar-refractivity contribution in [2.45, 2.75) is 59.5 Å². The first-order valence-electron chi connectivity index (χ1n) is 6.77. The molecule has 1 saturated heterocycles. The van der Waals surface area contributed by atoms with Crippen LogP contribution in [0.5, 0.6) is 0 Å². The topological polar surface area (TPSA) is 57.6 Å². The van der Waals surface area contributed by atoms with Gasteiger partial charge >= 0.3 is 0 Å². The molecular weight excluding hydrogens is 230 g/mol. The average molecular weight is 255 g/mol. The second kappa shape index (κ2) is 5.00. The van der Waals surface area contributed by atoms with Crippen molar-refractivity contribution in [3.63, 3.8) is 0 Å². The number of β-amino-alcohol motifs (C(OH)–C–C–N with tert-alkyl or cyclic N) is 1. The minimum Gasteiger partial charge on any atom is -0.388 e. The van der Waals surface area contributed by atoms with E-state index in [0.717, 1.165) is 0 Å². The lowest BCUT2D eigenvalue weighted by Crippen LogP contribution is -2.46. The summed E-state index contributed by atoms with van der Waals surface area (Å²) in [4.78, 5) is 25.6. The number of hydrogen-bond acceptors (Lipinski definition) is 3. The molecule has 1 aliphatic heterocycles. The number of carbonyl (C=O) groups excluding carboxylic acids is 2. The van der Waals surface area contributed by atoms with Crippen LogP contribution in [-0.4, -0.2) is 34.0 Å². The van der Waals surface area contributed by atoms with Gasteiger partial charge in [0.05, 0.1) is 17.6 Å². The van der Waals surface area contributed by atoms with Crippen LogP contribution in [0.3, 0.4) is 0 Å². The van der Waals surface area contributed by atoms with E-state index in [0.29, 0.717) is 12.8 Å². The number of hydrogen-bond donors (Lipinski definition) is 1. The molecule has 0 radical (unpaired) electrons. The first-order chi connectivity index (χ1) is 8.20. The summed E-state index contributed by atoms with van der Waals surface area (Å²) in [5.74, 6) is -0.172. The van der Waals surface area contributed by atoms with E-state index in [1.807, 2.05) is 34.6 Å². The molecule has 0 aliphatic carbocycles. The van der Waals surface area contributed by atoms with Crippen LogP contribution in [0.25, 0.3) is 0 Å². The van der Waals surface area contributed by atoms with Gasteiger partial charge in [0.2, 0.25) is 11.8 Å². The number of nitrogens with zero attached hydrogens (tertiary/aromatic N) is 1. The van der Waals surface area contributed by atoms with Crippen molar-refractivity contribution in [2.75, 3.05) is 6.54 Å². The van der Waals surface area contributed by atoms with Crippen molar-refractivity contribution < 1.29 is 14.7 Å². The highest BCUT2D eigenvalue weighted by Gasteiger charge is 2.51. The third kappa shape index (κ3) is 2.44. The predicted octanol–water partition coefficient (Wildman–Crippen LogP) is 1.96. The summed E-state index contributed by atoms with van der Waals surface area (Å²) in [6.07, 6.45) is 1.34. The van der Waals surface area contributed by atoms with Gasteiger partial charge in [0, 0.05) is 6.42 Å². The van der Waals surface area contributed by atoms with Crippen molar-refractivity contribution in [1.29, 1.82) is 0 Å². The van der Waals surface area contributed by atoms with Crippen LogP contribution in [0.1, 0.15) is 53.9 Å². The van der Waals surface area contributed by atoms with E-state index in [1.165, 1.54) is 4.90 Å². The maximum absolute atomic E-state index is 12.4. The van der Waals surface area contributed by atoms with Crippen LogP contribution in [0.2, 0.25) is 0 Å². The fourth-order valence-electron chi connectivity index (χ4n) is 2.29. The van der Waals surface area contributed by atoms with E-state index < -0.39 is 11.0 Å². The largest absolute Gasteiger partial charge is 0.388 e. The van der Waals surface area contributed by atoms with Gasteiger partial charge in [-0.25, -0.2) is 0 Å². The van der Waals surface area contributed by atoms with Crippen LogP contribution in [0, 0.1) is 11.3 Å². The molecule has 1 fully saturated rings. The monoisotopic (exact) mass is 255 g/mol. The molecule has 0 aromatic rings. The van der Waals surface area contributed by atoms with E-state index in [2.05, 4.69) is 0 Å². The zero-order chi connectivity index (χ0) is 14.1. The molecule has 0 aromatic carbocycles. The van der Waals surface area contributed by atoms with Gasteiger partial charge in [-0.1, -0.05) is 27.7 Å². The Hall–Kier alpha value is -0.900. The summed E-state index contributed by atoms with van der Waals surface area (Å²) < 4.78 is 0. The molecule has 1 atom stereocenters. The number of likely N-dealkylation sites (tertiary alicyclic amines) is 1. The van der Waals surface area contributed by atoms with Crippen LogP contribution >= 0.6 is 0 Å². The standard InChI is InChI=1S/C14H25NO3/c1-6-14(18,7-2)9-15-11(16)8-13(5,10(3)4)12(15)17/h10,18H,6-9H2,1-5H3. The predicted molar refractivity (Wildman–Crippen MR) is 69.8 cm³/mol. The van der Waals surface area contributed by atoms with E-state index in [-0.39, 0.29) is 30.7 Å². The van der Waals surface area contributed by atoms with Crippen LogP contribution in [0.4, 0.5) is 0 Å². The van der Waals surface area contributed by atoms with Crippen molar-refractivity contribution in [3.05, 3.63) is 0 Å². The Balaban J connectivity index is 2.93. The Kier molecular flexibility index (Phi) is 4.21. The van der Waals surface area contributed by atoms with Crippen molar-refractivity contribution in [1.82, 2.24) is 4.90 Å². The molecule has 0 aromatic heterocycles. The van der Waals surface area contributed by atoms with Gasteiger partial charge in [-0.2, -0.15) is 0 Å². The zero-order valence-corrected chi connectivity index (χ0v) is 12.1. The lowest BCUT2D eigenvalue weighted by atomic mass is 9.78. The highest BCUT2D eigenvalue weighted by Crippen LogP contribution is 2.40. The van der Waals surface area contributed by atoms with Crippen LogP contribution in [0.15, 0.2) is 0 Å². The van der Waals surface area contributed by atoms with Gasteiger partial charge in [-0.15, -0.1) is 0 Å². The van der Waals surface area contributed by atoms with Gasteiger partial charge in [0.15, 0.2) is 0 Å². The Morgan fingerprint density at radius 2 is 1.83 bits per heavy atom. The van der Waals surface area contributed by atoms with E-state index in [4.69, 9.17) is 0 Å². The first-order valence-corrected chi connectivity index (χ1v) is 6.77. The Bertz CT molecular complexity index is 347. The normalized spacial score (nSPS) is 25.4. The number of amides is 2. The summed E-state index contributed by atoms with van der Waals surface area (Å²) >= 11 is 0. The van der Waals surface area contributed by atoms with E-state index in [9.17, 15) is 14.7 Å². The van der Waals surface area contributed by atoms with Gasteiger partial charge < -0.3 is 5.11 Å². The fraction of sp³-hybridized carbons (Fsp3) is 0.857. The summed E-state index contributed by atoms with van der Waals surface area (Å²) in [5, 5.41) is 10.3. The maximum atomic E-state index is 12.4. The van der Waals surface area contributed by atoms with Crippen molar-refractivity contribution >= 4 is 11.8 Å². The second-order valence-electron chi connectivity index (χ2n) is 5.97. The lowest BCUT2D eigenvalue weighted by molar-refractivity contribution is -0.146. The molecule has 4 heteroatoms. The summed E-state index contributed by atoms with van der Waals surface area (Å²) in [6.45, 7) is 9.63. The molecular formula is C14H25NO3. The molecule has 1 N–H and O–H groups in total. The zero-order valence-electron chi connectivity index (χ0n) is 12.1. The molecule has 1 unspecified atom stereocenters. The Morgan fingerprint density at radius 1 is 1.33 bits per heavy atom. The molecule has 1 heterocycles. The Labute approximate surface area is 109 Å². The number of rotatable bonds is 5. The third-order valence-corrected chi connectivity index (χ3v) is 4.60. The third-order valence-electron chi connectivity index (χ3n) is 4.60. The van der Waals surface area contributed by atoms with Gasteiger partial charge in [0.25, 0.3) is 0 Å². The summed E-state index contributed by atoms with van der Waals surface area (Å²) in [6, 6.07) is 0. The van der Waals surface area contributed by atoms with Crippen molar-refractivity contribution in [3.8, 4) is 0 Å².